The summed E-state index contributed by atoms with van der Waals surface area (Å²) < 4.78 is 13.8. The Morgan fingerprint density at radius 2 is 2.15 bits per heavy atom. The molecule has 1 unspecified atom stereocenters. The average molecular weight is 282 g/mol. The summed E-state index contributed by atoms with van der Waals surface area (Å²) in [5, 5.41) is 19.9. The summed E-state index contributed by atoms with van der Waals surface area (Å²) in [5.41, 5.74) is -0.969. The van der Waals surface area contributed by atoms with E-state index in [2.05, 4.69) is 0 Å². The minimum Gasteiger partial charge on any atom is -0.478 e. The topological polar surface area (TPSA) is 83.7 Å². The predicted octanol–water partition coefficient (Wildman–Crippen LogP) is 2.67. The molecule has 0 spiro atoms. The van der Waals surface area contributed by atoms with Crippen molar-refractivity contribution in [3.63, 3.8) is 0 Å². The molecule has 0 aromatic heterocycles. The maximum Gasteiger partial charge on any atom is 0.338 e. The first-order chi connectivity index (χ1) is 9.32. The zero-order valence-electron chi connectivity index (χ0n) is 11.2. The SMILES string of the molecule is CC(C1CC1)N(C)c1cc(F)c(C(=O)O)cc1[N+](=O)[O-]. The van der Waals surface area contributed by atoms with Gasteiger partial charge in [-0.1, -0.05) is 0 Å². The van der Waals surface area contributed by atoms with Crippen LogP contribution in [0.1, 0.15) is 30.1 Å². The highest BCUT2D eigenvalue weighted by Gasteiger charge is 2.33. The predicted molar refractivity (Wildman–Crippen MR) is 70.6 cm³/mol. The fraction of sp³-hybridized carbons (Fsp3) is 0.462. The van der Waals surface area contributed by atoms with Gasteiger partial charge in [0.2, 0.25) is 0 Å². The van der Waals surface area contributed by atoms with Crippen LogP contribution in [0.3, 0.4) is 0 Å². The summed E-state index contributed by atoms with van der Waals surface area (Å²) in [5.74, 6) is -2.04. The molecule has 0 radical (unpaired) electrons. The number of nitrogens with zero attached hydrogens (tertiary/aromatic N) is 2. The van der Waals surface area contributed by atoms with E-state index >= 15 is 0 Å². The fourth-order valence-electron chi connectivity index (χ4n) is 2.26. The van der Waals surface area contributed by atoms with Gasteiger partial charge in [0.05, 0.1) is 4.92 Å². The Labute approximate surface area is 115 Å². The van der Waals surface area contributed by atoms with Gasteiger partial charge in [-0.2, -0.15) is 0 Å². The zero-order valence-corrected chi connectivity index (χ0v) is 11.2. The van der Waals surface area contributed by atoms with Crippen molar-refractivity contribution < 1.29 is 19.2 Å². The number of carbonyl (C=O) groups is 1. The molecule has 0 bridgehead atoms. The van der Waals surface area contributed by atoms with E-state index in [-0.39, 0.29) is 17.4 Å². The second-order valence-corrected chi connectivity index (χ2v) is 5.07. The maximum absolute atomic E-state index is 13.8. The summed E-state index contributed by atoms with van der Waals surface area (Å²) in [6, 6.07) is 1.76. The van der Waals surface area contributed by atoms with E-state index in [1.807, 2.05) is 6.92 Å². The molecule has 6 nitrogen and oxygen atoms in total. The van der Waals surface area contributed by atoms with Crippen molar-refractivity contribution in [2.24, 2.45) is 5.92 Å². The molecular weight excluding hydrogens is 267 g/mol. The van der Waals surface area contributed by atoms with E-state index in [1.54, 1.807) is 11.9 Å². The second kappa shape index (κ2) is 5.07. The van der Waals surface area contributed by atoms with Crippen LogP contribution in [0.4, 0.5) is 15.8 Å². The number of carboxylic acid groups (broad SMARTS) is 1. The normalized spacial score (nSPS) is 15.8. The van der Waals surface area contributed by atoms with Gasteiger partial charge < -0.3 is 10.0 Å². The summed E-state index contributed by atoms with van der Waals surface area (Å²) >= 11 is 0. The first-order valence-electron chi connectivity index (χ1n) is 6.27. The number of aromatic carboxylic acids is 1. The van der Waals surface area contributed by atoms with Gasteiger partial charge in [-0.25, -0.2) is 9.18 Å². The highest BCUT2D eigenvalue weighted by molar-refractivity contribution is 5.90. The van der Waals surface area contributed by atoms with Crippen LogP contribution in [0.15, 0.2) is 12.1 Å². The molecule has 1 aliphatic rings. The molecule has 20 heavy (non-hydrogen) atoms. The third kappa shape index (κ3) is 2.56. The lowest BCUT2D eigenvalue weighted by Crippen LogP contribution is -2.31. The monoisotopic (exact) mass is 282 g/mol. The van der Waals surface area contributed by atoms with E-state index in [0.29, 0.717) is 5.92 Å². The molecule has 0 amide bonds. The summed E-state index contributed by atoms with van der Waals surface area (Å²) in [6.45, 7) is 1.92. The van der Waals surface area contributed by atoms with Crippen LogP contribution < -0.4 is 4.90 Å². The van der Waals surface area contributed by atoms with Crippen LogP contribution >= 0.6 is 0 Å². The molecule has 1 fully saturated rings. The van der Waals surface area contributed by atoms with E-state index < -0.39 is 22.3 Å². The number of hydrogen-bond acceptors (Lipinski definition) is 4. The molecule has 1 aromatic rings. The minimum absolute atomic E-state index is 0.0452. The first kappa shape index (κ1) is 14.2. The van der Waals surface area contributed by atoms with Crippen LogP contribution in [0, 0.1) is 21.8 Å². The van der Waals surface area contributed by atoms with Crippen LogP contribution in [0.5, 0.6) is 0 Å². The lowest BCUT2D eigenvalue weighted by atomic mass is 10.1. The molecule has 2 rings (SSSR count). The van der Waals surface area contributed by atoms with Crippen molar-refractivity contribution >= 4 is 17.3 Å². The average Bonchev–Trinajstić information content (AvgIpc) is 3.20. The molecule has 7 heteroatoms. The van der Waals surface area contributed by atoms with Crippen molar-refractivity contribution in [3.8, 4) is 0 Å². The Bertz CT molecular complexity index is 572. The Morgan fingerprint density at radius 3 is 2.60 bits per heavy atom. The van der Waals surface area contributed by atoms with Crippen LogP contribution in [-0.2, 0) is 0 Å². The first-order valence-corrected chi connectivity index (χ1v) is 6.27. The Balaban J connectivity index is 2.48. The molecule has 0 aliphatic heterocycles. The molecule has 108 valence electrons. The third-order valence-electron chi connectivity index (χ3n) is 3.79. The Morgan fingerprint density at radius 1 is 1.55 bits per heavy atom. The lowest BCUT2D eigenvalue weighted by molar-refractivity contribution is -0.384. The van der Waals surface area contributed by atoms with Crippen LogP contribution in [0.25, 0.3) is 0 Å². The maximum atomic E-state index is 13.8. The quantitative estimate of drug-likeness (QED) is 0.663. The van der Waals surface area contributed by atoms with Gasteiger partial charge in [0.15, 0.2) is 0 Å². The van der Waals surface area contributed by atoms with Gasteiger partial charge in [0, 0.05) is 25.2 Å². The number of rotatable bonds is 5. The van der Waals surface area contributed by atoms with Crippen molar-refractivity contribution in [1.29, 1.82) is 0 Å². The second-order valence-electron chi connectivity index (χ2n) is 5.07. The van der Waals surface area contributed by atoms with Gasteiger partial charge in [-0.15, -0.1) is 0 Å². The molecule has 1 aromatic carbocycles. The Hall–Kier alpha value is -2.18. The molecule has 1 saturated carbocycles. The van der Waals surface area contributed by atoms with Gasteiger partial charge in [0.25, 0.3) is 5.69 Å². The van der Waals surface area contributed by atoms with Gasteiger partial charge >= 0.3 is 5.97 Å². The number of nitro benzene ring substituents is 1. The van der Waals surface area contributed by atoms with Crippen LogP contribution in [0.2, 0.25) is 0 Å². The van der Waals surface area contributed by atoms with Crippen molar-refractivity contribution in [2.75, 3.05) is 11.9 Å². The molecule has 0 saturated heterocycles. The highest BCUT2D eigenvalue weighted by Crippen LogP contribution is 2.39. The number of anilines is 1. The van der Waals surface area contributed by atoms with E-state index in [1.165, 1.54) is 0 Å². The number of halogens is 1. The van der Waals surface area contributed by atoms with Gasteiger partial charge in [-0.3, -0.25) is 10.1 Å². The summed E-state index contributed by atoms with van der Waals surface area (Å²) in [7, 11) is 1.66. The summed E-state index contributed by atoms with van der Waals surface area (Å²) in [6.07, 6.45) is 2.10. The smallest absolute Gasteiger partial charge is 0.338 e. The number of carboxylic acids is 1. The lowest BCUT2D eigenvalue weighted by Gasteiger charge is -2.26. The fourth-order valence-corrected chi connectivity index (χ4v) is 2.26. The molecular formula is C13H15FN2O4. The van der Waals surface area contributed by atoms with Crippen molar-refractivity contribution in [3.05, 3.63) is 33.6 Å². The standard InChI is InChI=1S/C13H15FN2O4/c1-7(8-3-4-8)15(2)11-6-10(14)9(13(17)18)5-12(11)16(19)20/h5-8H,3-4H2,1-2H3,(H,17,18). The Kier molecular flexibility index (Phi) is 3.61. The van der Waals surface area contributed by atoms with E-state index in [4.69, 9.17) is 5.11 Å². The van der Waals surface area contributed by atoms with Gasteiger partial charge in [0.1, 0.15) is 17.1 Å². The van der Waals surface area contributed by atoms with Crippen LogP contribution in [-0.4, -0.2) is 29.1 Å². The van der Waals surface area contributed by atoms with E-state index in [9.17, 15) is 19.3 Å². The van der Waals surface area contributed by atoms with E-state index in [0.717, 1.165) is 25.0 Å². The molecule has 1 aliphatic carbocycles. The number of nitro groups is 1. The molecule has 0 heterocycles. The number of benzene rings is 1. The minimum atomic E-state index is -1.52. The third-order valence-corrected chi connectivity index (χ3v) is 3.79. The van der Waals surface area contributed by atoms with Gasteiger partial charge in [-0.05, 0) is 25.7 Å². The van der Waals surface area contributed by atoms with Crippen molar-refractivity contribution in [2.45, 2.75) is 25.8 Å². The molecule has 1 atom stereocenters. The molecule has 1 N–H and O–H groups in total. The number of hydrogen-bond donors (Lipinski definition) is 1. The largest absolute Gasteiger partial charge is 0.478 e. The summed E-state index contributed by atoms with van der Waals surface area (Å²) in [4.78, 5) is 22.9. The van der Waals surface area contributed by atoms with Crippen molar-refractivity contribution in [1.82, 2.24) is 0 Å². The highest BCUT2D eigenvalue weighted by atomic mass is 19.1. The zero-order chi connectivity index (χ0) is 15.0.